The van der Waals surface area contributed by atoms with E-state index in [2.05, 4.69) is 5.32 Å². The SMILES string of the molecule is COCCCS(=O)(=O)CCC(=O)Nc1ccc(Cl)c(N)c1. The smallest absolute Gasteiger partial charge is 0.225 e. The van der Waals surface area contributed by atoms with Crippen molar-refractivity contribution in [3.8, 4) is 0 Å². The first-order valence-electron chi connectivity index (χ1n) is 6.38. The number of benzene rings is 1. The van der Waals surface area contributed by atoms with Crippen molar-refractivity contribution in [1.82, 2.24) is 0 Å². The van der Waals surface area contributed by atoms with E-state index in [9.17, 15) is 13.2 Å². The molecule has 0 spiro atoms. The van der Waals surface area contributed by atoms with Crippen LogP contribution in [-0.4, -0.2) is 39.5 Å². The molecule has 118 valence electrons. The van der Waals surface area contributed by atoms with Crippen molar-refractivity contribution in [3.05, 3.63) is 23.2 Å². The number of carbonyl (C=O) groups is 1. The monoisotopic (exact) mass is 334 g/mol. The number of anilines is 2. The average Bonchev–Trinajstić information content (AvgIpc) is 2.41. The number of halogens is 1. The molecule has 0 unspecified atom stereocenters. The van der Waals surface area contributed by atoms with Gasteiger partial charge in [0.2, 0.25) is 5.91 Å². The lowest BCUT2D eigenvalue weighted by atomic mass is 10.2. The number of hydrogen-bond acceptors (Lipinski definition) is 5. The molecule has 21 heavy (non-hydrogen) atoms. The molecule has 0 saturated carbocycles. The van der Waals surface area contributed by atoms with Crippen LogP contribution in [0.15, 0.2) is 18.2 Å². The number of methoxy groups -OCH3 is 1. The Balaban J connectivity index is 2.45. The van der Waals surface area contributed by atoms with Crippen molar-refractivity contribution in [2.24, 2.45) is 0 Å². The van der Waals surface area contributed by atoms with Gasteiger partial charge in [-0.05, 0) is 24.6 Å². The molecule has 3 N–H and O–H groups in total. The molecule has 6 nitrogen and oxygen atoms in total. The lowest BCUT2D eigenvalue weighted by Crippen LogP contribution is -2.19. The maximum Gasteiger partial charge on any atom is 0.225 e. The largest absolute Gasteiger partial charge is 0.397 e. The van der Waals surface area contributed by atoms with Gasteiger partial charge < -0.3 is 15.8 Å². The van der Waals surface area contributed by atoms with Crippen molar-refractivity contribution in [3.63, 3.8) is 0 Å². The molecular weight excluding hydrogens is 316 g/mol. The Labute approximate surface area is 129 Å². The van der Waals surface area contributed by atoms with Gasteiger partial charge in [0, 0.05) is 25.8 Å². The van der Waals surface area contributed by atoms with E-state index in [4.69, 9.17) is 22.1 Å². The Bertz CT molecular complexity index is 590. The van der Waals surface area contributed by atoms with Crippen molar-refractivity contribution in [2.75, 3.05) is 36.3 Å². The summed E-state index contributed by atoms with van der Waals surface area (Å²) in [6.07, 6.45) is 0.325. The number of nitrogen functional groups attached to an aromatic ring is 1. The Morgan fingerprint density at radius 3 is 2.71 bits per heavy atom. The third kappa shape index (κ3) is 6.79. The molecule has 0 atom stereocenters. The summed E-state index contributed by atoms with van der Waals surface area (Å²) in [5.74, 6) is -0.555. The topological polar surface area (TPSA) is 98.5 Å². The van der Waals surface area contributed by atoms with Gasteiger partial charge in [-0.3, -0.25) is 4.79 Å². The molecule has 0 aliphatic heterocycles. The minimum Gasteiger partial charge on any atom is -0.397 e. The van der Waals surface area contributed by atoms with Crippen LogP contribution >= 0.6 is 11.6 Å². The van der Waals surface area contributed by atoms with Gasteiger partial charge in [0.1, 0.15) is 0 Å². The van der Waals surface area contributed by atoms with Gasteiger partial charge in [0.05, 0.1) is 22.2 Å². The minimum atomic E-state index is -3.24. The molecule has 1 amide bonds. The normalized spacial score (nSPS) is 11.3. The standard InChI is InChI=1S/C13H19ClN2O4S/c1-20-6-2-7-21(18,19)8-5-13(17)16-10-3-4-11(14)12(15)9-10/h3-4,9H,2,5-8,15H2,1H3,(H,16,17). The number of amides is 1. The Kier molecular flexibility index (Phi) is 6.94. The van der Waals surface area contributed by atoms with E-state index in [1.54, 1.807) is 12.1 Å². The lowest BCUT2D eigenvalue weighted by Gasteiger charge is -2.07. The zero-order valence-electron chi connectivity index (χ0n) is 11.8. The summed E-state index contributed by atoms with van der Waals surface area (Å²) < 4.78 is 28.2. The number of rotatable bonds is 8. The molecule has 0 heterocycles. The Morgan fingerprint density at radius 1 is 1.38 bits per heavy atom. The van der Waals surface area contributed by atoms with Crippen LogP contribution in [-0.2, 0) is 19.4 Å². The van der Waals surface area contributed by atoms with Gasteiger partial charge >= 0.3 is 0 Å². The van der Waals surface area contributed by atoms with Gasteiger partial charge in [-0.2, -0.15) is 0 Å². The summed E-state index contributed by atoms with van der Waals surface area (Å²) in [4.78, 5) is 11.7. The first kappa shape index (κ1) is 17.7. The number of nitrogens with one attached hydrogen (secondary N) is 1. The third-order valence-corrected chi connectivity index (χ3v) is 4.80. The van der Waals surface area contributed by atoms with Crippen LogP contribution in [0.4, 0.5) is 11.4 Å². The van der Waals surface area contributed by atoms with Crippen LogP contribution in [0.1, 0.15) is 12.8 Å². The summed E-state index contributed by atoms with van der Waals surface area (Å²) in [5.41, 5.74) is 6.45. The maximum absolute atomic E-state index is 11.7. The Morgan fingerprint density at radius 2 is 2.10 bits per heavy atom. The molecule has 0 radical (unpaired) electrons. The number of nitrogens with two attached hydrogens (primary N) is 1. The zero-order valence-corrected chi connectivity index (χ0v) is 13.3. The fourth-order valence-corrected chi connectivity index (χ4v) is 2.99. The molecule has 0 aliphatic rings. The van der Waals surface area contributed by atoms with Gasteiger partial charge in [0.15, 0.2) is 9.84 Å². The lowest BCUT2D eigenvalue weighted by molar-refractivity contribution is -0.115. The quantitative estimate of drug-likeness (QED) is 0.557. The summed E-state index contributed by atoms with van der Waals surface area (Å²) in [6, 6.07) is 4.69. The van der Waals surface area contributed by atoms with Gasteiger partial charge in [-0.1, -0.05) is 11.6 Å². The number of carbonyl (C=O) groups excluding carboxylic acids is 1. The van der Waals surface area contributed by atoms with Crippen LogP contribution in [0.3, 0.4) is 0 Å². The second-order valence-electron chi connectivity index (χ2n) is 4.53. The van der Waals surface area contributed by atoms with Crippen LogP contribution in [0.5, 0.6) is 0 Å². The molecule has 1 rings (SSSR count). The average molecular weight is 335 g/mol. The molecule has 0 bridgehead atoms. The minimum absolute atomic E-state index is 0.0159. The molecule has 0 saturated heterocycles. The van der Waals surface area contributed by atoms with E-state index in [0.29, 0.717) is 29.4 Å². The van der Waals surface area contributed by atoms with E-state index >= 15 is 0 Å². The van der Waals surface area contributed by atoms with E-state index in [1.807, 2.05) is 0 Å². The molecule has 0 aliphatic carbocycles. The molecule has 1 aromatic carbocycles. The van der Waals surface area contributed by atoms with Gasteiger partial charge in [-0.15, -0.1) is 0 Å². The number of hydrogen-bond donors (Lipinski definition) is 2. The number of sulfone groups is 1. The van der Waals surface area contributed by atoms with Crippen molar-refractivity contribution in [1.29, 1.82) is 0 Å². The van der Waals surface area contributed by atoms with Gasteiger partial charge in [-0.25, -0.2) is 8.42 Å². The maximum atomic E-state index is 11.7. The molecular formula is C13H19ClN2O4S. The van der Waals surface area contributed by atoms with E-state index < -0.39 is 9.84 Å². The highest BCUT2D eigenvalue weighted by molar-refractivity contribution is 7.91. The van der Waals surface area contributed by atoms with Crippen molar-refractivity contribution in [2.45, 2.75) is 12.8 Å². The molecule has 0 aromatic heterocycles. The summed E-state index contributed by atoms with van der Waals surface area (Å²) >= 11 is 5.77. The zero-order chi connectivity index (χ0) is 15.9. The van der Waals surface area contributed by atoms with Gasteiger partial charge in [0.25, 0.3) is 0 Å². The first-order chi connectivity index (χ1) is 9.84. The Hall–Kier alpha value is -1.31. The summed E-state index contributed by atoms with van der Waals surface area (Å²) in [6.45, 7) is 0.384. The predicted molar refractivity (Wildman–Crippen MR) is 84.3 cm³/mol. The van der Waals surface area contributed by atoms with Crippen LogP contribution < -0.4 is 11.1 Å². The highest BCUT2D eigenvalue weighted by Crippen LogP contribution is 2.22. The second-order valence-corrected chi connectivity index (χ2v) is 7.24. The van der Waals surface area contributed by atoms with Crippen LogP contribution in [0, 0.1) is 0 Å². The molecule has 8 heteroatoms. The highest BCUT2D eigenvalue weighted by atomic mass is 35.5. The first-order valence-corrected chi connectivity index (χ1v) is 8.58. The second kappa shape index (κ2) is 8.21. The predicted octanol–water partition coefficient (Wildman–Crippen LogP) is 1.70. The fraction of sp³-hybridized carbons (Fsp3) is 0.462. The van der Waals surface area contributed by atoms with Crippen LogP contribution in [0.2, 0.25) is 5.02 Å². The summed E-state index contributed by atoms with van der Waals surface area (Å²) in [5, 5.41) is 2.98. The van der Waals surface area contributed by atoms with Crippen molar-refractivity contribution < 1.29 is 17.9 Å². The van der Waals surface area contributed by atoms with E-state index in [0.717, 1.165) is 0 Å². The molecule has 0 fully saturated rings. The number of ether oxygens (including phenoxy) is 1. The van der Waals surface area contributed by atoms with Crippen LogP contribution in [0.25, 0.3) is 0 Å². The highest BCUT2D eigenvalue weighted by Gasteiger charge is 2.13. The fourth-order valence-electron chi connectivity index (χ4n) is 1.62. The third-order valence-electron chi connectivity index (χ3n) is 2.72. The van der Waals surface area contributed by atoms with Crippen molar-refractivity contribution >= 4 is 38.7 Å². The molecule has 1 aromatic rings. The summed E-state index contributed by atoms with van der Waals surface area (Å²) in [7, 11) is -1.73. The van der Waals surface area contributed by atoms with E-state index in [-0.39, 0.29) is 23.8 Å². The van der Waals surface area contributed by atoms with E-state index in [1.165, 1.54) is 13.2 Å².